The number of nitriles is 1. The number of benzene rings is 3. The summed E-state index contributed by atoms with van der Waals surface area (Å²) in [6.45, 7) is 2.29. The lowest BCUT2D eigenvalue weighted by Gasteiger charge is -2.14. The molecule has 0 spiro atoms. The molecule has 5 nitrogen and oxygen atoms in total. The first kappa shape index (κ1) is 24.3. The van der Waals surface area contributed by atoms with Crippen molar-refractivity contribution >= 4 is 40.3 Å². The summed E-state index contributed by atoms with van der Waals surface area (Å²) < 4.78 is 26.0. The highest BCUT2D eigenvalue weighted by atomic mass is 127. The van der Waals surface area contributed by atoms with E-state index in [1.165, 1.54) is 12.1 Å². The summed E-state index contributed by atoms with van der Waals surface area (Å²) in [5, 5.41) is 12.3. The van der Waals surface area contributed by atoms with Crippen LogP contribution in [0.2, 0.25) is 0 Å². The summed E-state index contributed by atoms with van der Waals surface area (Å²) in [6.07, 6.45) is 1.88. The van der Waals surface area contributed by atoms with Gasteiger partial charge in [-0.25, -0.2) is 4.39 Å². The van der Waals surface area contributed by atoms with Crippen LogP contribution in [0.5, 0.6) is 11.5 Å². The molecule has 0 fully saturated rings. The van der Waals surface area contributed by atoms with Gasteiger partial charge in [0.05, 0.1) is 13.7 Å². The number of methoxy groups -OCH3 is 1. The van der Waals surface area contributed by atoms with E-state index in [1.54, 1.807) is 55.6 Å². The molecule has 0 radical (unpaired) electrons. The van der Waals surface area contributed by atoms with Crippen LogP contribution in [0.25, 0.3) is 6.08 Å². The Morgan fingerprint density at radius 1 is 1.18 bits per heavy atom. The molecule has 0 unspecified atom stereocenters. The minimum absolute atomic E-state index is 0.0501. The van der Waals surface area contributed by atoms with Gasteiger partial charge in [0, 0.05) is 21.2 Å². The number of ether oxygens (including phenoxy) is 2. The Balaban J connectivity index is 1.89. The van der Waals surface area contributed by atoms with E-state index in [0.29, 0.717) is 41.3 Å². The molecule has 0 saturated carbocycles. The SMILES string of the molecule is CCOc1cc(/C=C(\C#N)C(=O)Nc2ccc(OC)cc2)cc(I)c1Cc1ccccc1F. The van der Waals surface area contributed by atoms with Crippen molar-refractivity contribution in [2.24, 2.45) is 0 Å². The van der Waals surface area contributed by atoms with Gasteiger partial charge in [0.15, 0.2) is 0 Å². The van der Waals surface area contributed by atoms with Crippen LogP contribution in [0.15, 0.2) is 66.2 Å². The molecule has 7 heteroatoms. The predicted octanol–water partition coefficient (Wildman–Crippen LogP) is 5.97. The molecule has 168 valence electrons. The quantitative estimate of drug-likeness (QED) is 0.211. The molecule has 0 bridgehead atoms. The average Bonchev–Trinajstić information content (AvgIpc) is 2.81. The number of anilines is 1. The maximum absolute atomic E-state index is 14.2. The zero-order chi connectivity index (χ0) is 23.8. The molecule has 0 heterocycles. The Labute approximate surface area is 206 Å². The molecule has 3 aromatic rings. The normalized spacial score (nSPS) is 10.9. The number of amides is 1. The molecular formula is C26H22FIN2O3. The highest BCUT2D eigenvalue weighted by Crippen LogP contribution is 2.30. The van der Waals surface area contributed by atoms with Gasteiger partial charge in [-0.05, 0) is 89.2 Å². The van der Waals surface area contributed by atoms with E-state index >= 15 is 0 Å². The third kappa shape index (κ3) is 6.33. The fourth-order valence-electron chi connectivity index (χ4n) is 3.19. The minimum atomic E-state index is -0.522. The van der Waals surface area contributed by atoms with Gasteiger partial charge in [-0.2, -0.15) is 5.26 Å². The minimum Gasteiger partial charge on any atom is -0.497 e. The van der Waals surface area contributed by atoms with Gasteiger partial charge in [-0.3, -0.25) is 4.79 Å². The van der Waals surface area contributed by atoms with Crippen molar-refractivity contribution in [3.05, 3.63) is 92.3 Å². The maximum Gasteiger partial charge on any atom is 0.266 e. The second kappa shape index (κ2) is 11.5. The summed E-state index contributed by atoms with van der Waals surface area (Å²) in [5.41, 5.74) is 2.55. The highest BCUT2D eigenvalue weighted by Gasteiger charge is 2.15. The van der Waals surface area contributed by atoms with Crippen LogP contribution in [0.4, 0.5) is 10.1 Å². The van der Waals surface area contributed by atoms with E-state index in [2.05, 4.69) is 27.9 Å². The second-order valence-corrected chi connectivity index (χ2v) is 8.20. The van der Waals surface area contributed by atoms with Gasteiger partial charge < -0.3 is 14.8 Å². The predicted molar refractivity (Wildman–Crippen MR) is 135 cm³/mol. The van der Waals surface area contributed by atoms with Crippen LogP contribution < -0.4 is 14.8 Å². The van der Waals surface area contributed by atoms with E-state index in [-0.39, 0.29) is 11.4 Å². The Morgan fingerprint density at radius 3 is 2.55 bits per heavy atom. The second-order valence-electron chi connectivity index (χ2n) is 7.03. The summed E-state index contributed by atoms with van der Waals surface area (Å²) in [5.74, 6) is 0.456. The molecular weight excluding hydrogens is 534 g/mol. The van der Waals surface area contributed by atoms with Crippen molar-refractivity contribution in [1.29, 1.82) is 5.26 Å². The first-order chi connectivity index (χ1) is 15.9. The van der Waals surface area contributed by atoms with E-state index in [4.69, 9.17) is 9.47 Å². The van der Waals surface area contributed by atoms with E-state index in [9.17, 15) is 14.4 Å². The third-order valence-electron chi connectivity index (χ3n) is 4.83. The van der Waals surface area contributed by atoms with Gasteiger partial charge in [0.2, 0.25) is 0 Å². The van der Waals surface area contributed by atoms with Gasteiger partial charge in [-0.15, -0.1) is 0 Å². The standard InChI is InChI=1S/C26H22FIN2O3/c1-3-33-25-14-17(13-24(28)22(25)15-18-6-4-5-7-23(18)27)12-19(16-29)26(31)30-20-8-10-21(32-2)11-9-20/h4-14H,3,15H2,1-2H3,(H,30,31)/b19-12+. The summed E-state index contributed by atoms with van der Waals surface area (Å²) in [6, 6.07) is 19.0. The van der Waals surface area contributed by atoms with Crippen molar-refractivity contribution in [3.63, 3.8) is 0 Å². The first-order valence-corrected chi connectivity index (χ1v) is 11.3. The smallest absolute Gasteiger partial charge is 0.266 e. The Bertz CT molecular complexity index is 1220. The van der Waals surface area contributed by atoms with Crippen LogP contribution >= 0.6 is 22.6 Å². The zero-order valence-electron chi connectivity index (χ0n) is 18.2. The highest BCUT2D eigenvalue weighted by molar-refractivity contribution is 14.1. The number of hydrogen-bond acceptors (Lipinski definition) is 4. The number of nitrogens with one attached hydrogen (secondary N) is 1. The lowest BCUT2D eigenvalue weighted by Crippen LogP contribution is -2.13. The zero-order valence-corrected chi connectivity index (χ0v) is 20.4. The van der Waals surface area contributed by atoms with Crippen LogP contribution in [-0.2, 0) is 11.2 Å². The Morgan fingerprint density at radius 2 is 1.91 bits per heavy atom. The third-order valence-corrected chi connectivity index (χ3v) is 5.79. The number of rotatable bonds is 8. The Kier molecular flexibility index (Phi) is 8.44. The molecule has 0 atom stereocenters. The topological polar surface area (TPSA) is 71.3 Å². The van der Waals surface area contributed by atoms with Crippen LogP contribution in [0, 0.1) is 20.7 Å². The monoisotopic (exact) mass is 556 g/mol. The molecule has 0 aliphatic carbocycles. The lowest BCUT2D eigenvalue weighted by molar-refractivity contribution is -0.112. The van der Waals surface area contributed by atoms with Crippen LogP contribution in [-0.4, -0.2) is 19.6 Å². The fourth-order valence-corrected chi connectivity index (χ4v) is 4.01. The molecule has 1 amide bonds. The fraction of sp³-hybridized carbons (Fsp3) is 0.154. The largest absolute Gasteiger partial charge is 0.497 e. The van der Waals surface area contributed by atoms with Crippen LogP contribution in [0.3, 0.4) is 0 Å². The Hall–Kier alpha value is -3.38. The summed E-state index contributed by atoms with van der Waals surface area (Å²) >= 11 is 2.16. The summed E-state index contributed by atoms with van der Waals surface area (Å²) in [4.78, 5) is 12.6. The molecule has 3 aromatic carbocycles. The number of nitrogens with zero attached hydrogens (tertiary/aromatic N) is 1. The van der Waals surface area contributed by atoms with Crippen LogP contribution in [0.1, 0.15) is 23.6 Å². The van der Waals surface area contributed by atoms with Crippen molar-refractivity contribution in [2.45, 2.75) is 13.3 Å². The maximum atomic E-state index is 14.2. The summed E-state index contributed by atoms with van der Waals surface area (Å²) in [7, 11) is 1.56. The van der Waals surface area contributed by atoms with Gasteiger partial charge >= 0.3 is 0 Å². The first-order valence-electron chi connectivity index (χ1n) is 10.2. The lowest BCUT2D eigenvalue weighted by atomic mass is 10.0. The molecule has 3 rings (SSSR count). The molecule has 0 aliphatic rings. The van der Waals surface area contributed by atoms with Gasteiger partial charge in [0.1, 0.15) is 29.0 Å². The molecule has 1 N–H and O–H groups in total. The van der Waals surface area contributed by atoms with E-state index in [1.807, 2.05) is 19.1 Å². The molecule has 33 heavy (non-hydrogen) atoms. The van der Waals surface area contributed by atoms with Crippen molar-refractivity contribution in [3.8, 4) is 17.6 Å². The van der Waals surface area contributed by atoms with E-state index < -0.39 is 5.91 Å². The van der Waals surface area contributed by atoms with Crippen molar-refractivity contribution in [2.75, 3.05) is 19.0 Å². The molecule has 0 saturated heterocycles. The number of carbonyl (C=O) groups excluding carboxylic acids is 1. The average molecular weight is 556 g/mol. The van der Waals surface area contributed by atoms with E-state index in [0.717, 1.165) is 9.13 Å². The van der Waals surface area contributed by atoms with Crippen molar-refractivity contribution in [1.82, 2.24) is 0 Å². The number of halogens is 2. The number of carbonyl (C=O) groups is 1. The van der Waals surface area contributed by atoms with Gasteiger partial charge in [0.25, 0.3) is 5.91 Å². The molecule has 0 aliphatic heterocycles. The van der Waals surface area contributed by atoms with Crippen molar-refractivity contribution < 1.29 is 18.7 Å². The molecule has 0 aromatic heterocycles. The van der Waals surface area contributed by atoms with Gasteiger partial charge in [-0.1, -0.05) is 18.2 Å². The number of hydrogen-bond donors (Lipinski definition) is 1.